The first-order valence-electron chi connectivity index (χ1n) is 8.34. The van der Waals surface area contributed by atoms with Gasteiger partial charge in [0.15, 0.2) is 5.43 Å². The molecule has 0 saturated carbocycles. The molecule has 0 atom stereocenters. The fourth-order valence-electron chi connectivity index (χ4n) is 3.11. The fourth-order valence-corrected chi connectivity index (χ4v) is 3.36. The Bertz CT molecular complexity index is 1320. The van der Waals surface area contributed by atoms with Crippen molar-refractivity contribution in [3.63, 3.8) is 0 Å². The molecule has 0 bridgehead atoms. The number of aromatic nitrogens is 3. The summed E-state index contributed by atoms with van der Waals surface area (Å²) >= 11 is 6.11. The molecule has 0 amide bonds. The Labute approximate surface area is 164 Å². The average Bonchev–Trinajstić information content (AvgIpc) is 2.67. The van der Waals surface area contributed by atoms with Crippen LogP contribution in [0.3, 0.4) is 0 Å². The molecule has 0 aliphatic carbocycles. The highest BCUT2D eigenvalue weighted by molar-refractivity contribution is 6.29. The summed E-state index contributed by atoms with van der Waals surface area (Å²) in [6, 6.07) is 12.8. The lowest BCUT2D eigenvalue weighted by Gasteiger charge is -2.13. The minimum Gasteiger partial charge on any atom is -0.346 e. The van der Waals surface area contributed by atoms with E-state index in [-0.39, 0.29) is 21.7 Å². The lowest BCUT2D eigenvalue weighted by molar-refractivity contribution is 0.627. The number of nitriles is 1. The fraction of sp³-hybridized carbons (Fsp3) is 0.0476. The third-order valence-corrected chi connectivity index (χ3v) is 4.54. The monoisotopic (exact) mass is 390 g/mol. The highest BCUT2D eigenvalue weighted by atomic mass is 35.5. The van der Waals surface area contributed by atoms with Crippen LogP contribution in [0.25, 0.3) is 33.4 Å². The topological polar surface area (TPSA) is 82.4 Å². The molecule has 4 rings (SSSR count). The number of hydrogen-bond donors (Lipinski definition) is 1. The van der Waals surface area contributed by atoms with Crippen molar-refractivity contribution in [2.45, 2.75) is 6.92 Å². The Morgan fingerprint density at radius 3 is 2.71 bits per heavy atom. The second-order valence-electron chi connectivity index (χ2n) is 6.22. The van der Waals surface area contributed by atoms with Gasteiger partial charge in [0.2, 0.25) is 0 Å². The molecule has 0 aliphatic rings. The number of fused-ring (bicyclic) bond motifs is 1. The number of pyridine rings is 3. The second kappa shape index (κ2) is 6.87. The second-order valence-corrected chi connectivity index (χ2v) is 6.61. The van der Waals surface area contributed by atoms with E-state index in [1.165, 1.54) is 18.3 Å². The van der Waals surface area contributed by atoms with Gasteiger partial charge in [0.1, 0.15) is 22.7 Å². The van der Waals surface area contributed by atoms with Crippen molar-refractivity contribution < 1.29 is 4.39 Å². The average molecular weight is 391 g/mol. The molecule has 0 aliphatic heterocycles. The molecule has 4 aromatic rings. The predicted molar refractivity (Wildman–Crippen MR) is 105 cm³/mol. The highest BCUT2D eigenvalue weighted by Gasteiger charge is 2.18. The van der Waals surface area contributed by atoms with Gasteiger partial charge in [-0.3, -0.25) is 4.79 Å². The number of halogens is 2. The van der Waals surface area contributed by atoms with E-state index in [1.807, 2.05) is 6.07 Å². The molecule has 0 radical (unpaired) electrons. The number of aromatic amines is 1. The van der Waals surface area contributed by atoms with Gasteiger partial charge in [0.25, 0.3) is 0 Å². The number of hydrogen-bond acceptors (Lipinski definition) is 4. The summed E-state index contributed by atoms with van der Waals surface area (Å²) in [5.41, 5.74) is 2.31. The molecule has 1 N–H and O–H groups in total. The number of benzene rings is 1. The van der Waals surface area contributed by atoms with Gasteiger partial charge in [-0.15, -0.1) is 0 Å². The standard InChI is InChI=1S/C21H12ClFN4O/c1-11-7-13(8-18(22)26-11)15-9-16-17(28)5-6-25-21(16)27-20(15)14-4-2-3-12(10-24)19(14)23/h2-9H,1H3,(H,25,27,28). The third-order valence-electron chi connectivity index (χ3n) is 4.35. The number of nitrogens with one attached hydrogen (secondary N) is 1. The Balaban J connectivity index is 2.13. The van der Waals surface area contributed by atoms with Crippen LogP contribution >= 0.6 is 11.6 Å². The van der Waals surface area contributed by atoms with E-state index in [0.29, 0.717) is 33.5 Å². The van der Waals surface area contributed by atoms with E-state index in [9.17, 15) is 14.4 Å². The summed E-state index contributed by atoms with van der Waals surface area (Å²) in [5, 5.41) is 9.81. The maximum absolute atomic E-state index is 14.9. The molecular formula is C21H12ClFN4O. The van der Waals surface area contributed by atoms with Crippen molar-refractivity contribution in [2.24, 2.45) is 0 Å². The summed E-state index contributed by atoms with van der Waals surface area (Å²) < 4.78 is 14.9. The largest absolute Gasteiger partial charge is 0.346 e. The van der Waals surface area contributed by atoms with Crippen LogP contribution in [-0.2, 0) is 0 Å². The van der Waals surface area contributed by atoms with Gasteiger partial charge in [0.05, 0.1) is 16.6 Å². The van der Waals surface area contributed by atoms with Gasteiger partial charge in [-0.05, 0) is 42.8 Å². The minimum absolute atomic E-state index is 0.0872. The number of aryl methyl sites for hydroxylation is 1. The van der Waals surface area contributed by atoms with Gasteiger partial charge in [-0.1, -0.05) is 17.7 Å². The molecule has 0 unspecified atom stereocenters. The molecule has 7 heteroatoms. The van der Waals surface area contributed by atoms with Crippen LogP contribution in [0.4, 0.5) is 4.39 Å². The molecule has 1 aromatic carbocycles. The molecular weight excluding hydrogens is 379 g/mol. The van der Waals surface area contributed by atoms with E-state index in [4.69, 9.17) is 11.6 Å². The Hall–Kier alpha value is -3.56. The van der Waals surface area contributed by atoms with Crippen LogP contribution in [-0.4, -0.2) is 15.0 Å². The molecule has 0 saturated heterocycles. The van der Waals surface area contributed by atoms with Gasteiger partial charge < -0.3 is 4.98 Å². The smallest absolute Gasteiger partial charge is 0.191 e. The number of rotatable bonds is 2. The van der Waals surface area contributed by atoms with Crippen molar-refractivity contribution in [1.82, 2.24) is 15.0 Å². The summed E-state index contributed by atoms with van der Waals surface area (Å²) in [4.78, 5) is 23.9. The summed E-state index contributed by atoms with van der Waals surface area (Å²) in [6.45, 7) is 1.78. The van der Waals surface area contributed by atoms with E-state index >= 15 is 0 Å². The van der Waals surface area contributed by atoms with E-state index in [0.717, 1.165) is 0 Å². The molecule has 3 aromatic heterocycles. The van der Waals surface area contributed by atoms with Crippen LogP contribution in [0.5, 0.6) is 0 Å². The van der Waals surface area contributed by atoms with Crippen molar-refractivity contribution in [3.8, 4) is 28.5 Å². The van der Waals surface area contributed by atoms with Crippen molar-refractivity contribution >= 4 is 22.6 Å². The van der Waals surface area contributed by atoms with Crippen LogP contribution in [0.1, 0.15) is 11.3 Å². The van der Waals surface area contributed by atoms with Crippen LogP contribution < -0.4 is 5.43 Å². The maximum Gasteiger partial charge on any atom is 0.191 e. The summed E-state index contributed by atoms with van der Waals surface area (Å²) in [6.07, 6.45) is 1.48. The normalized spacial score (nSPS) is 10.8. The SMILES string of the molecule is Cc1cc(-c2cc3c(=O)cc[nH]c3nc2-c2cccc(C#N)c2F)cc(Cl)n1. The van der Waals surface area contributed by atoms with Gasteiger partial charge in [-0.25, -0.2) is 14.4 Å². The predicted octanol–water partition coefficient (Wildman–Crippen LogP) is 4.62. The quantitative estimate of drug-likeness (QED) is 0.506. The zero-order valence-corrected chi connectivity index (χ0v) is 15.4. The maximum atomic E-state index is 14.9. The first kappa shape index (κ1) is 17.8. The van der Waals surface area contributed by atoms with Gasteiger partial charge >= 0.3 is 0 Å². The van der Waals surface area contributed by atoms with Gasteiger partial charge in [-0.2, -0.15) is 5.26 Å². The molecule has 28 heavy (non-hydrogen) atoms. The van der Waals surface area contributed by atoms with E-state index < -0.39 is 5.82 Å². The Morgan fingerprint density at radius 1 is 1.14 bits per heavy atom. The zero-order chi connectivity index (χ0) is 19.8. The van der Waals surface area contributed by atoms with Crippen molar-refractivity contribution in [1.29, 1.82) is 5.26 Å². The summed E-state index contributed by atoms with van der Waals surface area (Å²) in [7, 11) is 0. The van der Waals surface area contributed by atoms with Crippen molar-refractivity contribution in [3.05, 3.63) is 81.1 Å². The van der Waals surface area contributed by atoms with E-state index in [1.54, 1.807) is 37.3 Å². The first-order valence-corrected chi connectivity index (χ1v) is 8.71. The van der Waals surface area contributed by atoms with E-state index in [2.05, 4.69) is 15.0 Å². The molecule has 5 nitrogen and oxygen atoms in total. The van der Waals surface area contributed by atoms with Crippen LogP contribution in [0.2, 0.25) is 5.15 Å². The summed E-state index contributed by atoms with van der Waals surface area (Å²) in [5.74, 6) is -0.673. The Kier molecular flexibility index (Phi) is 4.38. The van der Waals surface area contributed by atoms with Crippen LogP contribution in [0.15, 0.2) is 53.5 Å². The number of nitrogens with zero attached hydrogens (tertiary/aromatic N) is 3. The Morgan fingerprint density at radius 2 is 1.96 bits per heavy atom. The molecule has 0 fully saturated rings. The lowest BCUT2D eigenvalue weighted by Crippen LogP contribution is -2.04. The number of H-pyrrole nitrogens is 1. The van der Waals surface area contributed by atoms with Crippen LogP contribution in [0, 0.1) is 24.1 Å². The van der Waals surface area contributed by atoms with Crippen molar-refractivity contribution in [2.75, 3.05) is 0 Å². The molecule has 0 spiro atoms. The lowest BCUT2D eigenvalue weighted by atomic mass is 9.97. The van der Waals surface area contributed by atoms with Gasteiger partial charge in [0, 0.05) is 29.1 Å². The third kappa shape index (κ3) is 3.02. The minimum atomic E-state index is -0.673. The molecule has 136 valence electrons. The highest BCUT2D eigenvalue weighted by Crippen LogP contribution is 2.35. The first-order chi connectivity index (χ1) is 13.5. The zero-order valence-electron chi connectivity index (χ0n) is 14.6. The molecule has 3 heterocycles.